The molecule has 0 aliphatic rings. The Balaban J connectivity index is 2.19. The van der Waals surface area contributed by atoms with Crippen LogP contribution < -0.4 is 5.32 Å². The molecule has 2 rings (SSSR count). The first-order valence-electron chi connectivity index (χ1n) is 5.41. The summed E-state index contributed by atoms with van der Waals surface area (Å²) in [5.74, 6) is -0.414. The van der Waals surface area contributed by atoms with Crippen LogP contribution in [0.1, 0.15) is 15.9 Å². The van der Waals surface area contributed by atoms with E-state index in [0.717, 1.165) is 17.5 Å². The van der Waals surface area contributed by atoms with E-state index in [1.807, 2.05) is 0 Å². The minimum absolute atomic E-state index is 0.139. The third-order valence-corrected chi connectivity index (χ3v) is 3.34. The number of thiazole rings is 1. The zero-order valence-corrected chi connectivity index (χ0v) is 11.1. The van der Waals surface area contributed by atoms with Crippen LogP contribution >= 0.6 is 11.3 Å². The molecular weight excluding hydrogens is 280 g/mol. The van der Waals surface area contributed by atoms with Crippen molar-refractivity contribution >= 4 is 33.1 Å². The fourth-order valence-electron chi connectivity index (χ4n) is 1.54. The van der Waals surface area contributed by atoms with Gasteiger partial charge in [0.2, 0.25) is 0 Å². The number of aromatic nitrogens is 1. The van der Waals surface area contributed by atoms with Crippen molar-refractivity contribution in [2.75, 3.05) is 5.32 Å². The number of carbonyl (C=O) groups is 1. The molecular formula is C12H8N4O3S. The van der Waals surface area contributed by atoms with Crippen LogP contribution in [0.5, 0.6) is 0 Å². The summed E-state index contributed by atoms with van der Waals surface area (Å²) in [6, 6.07) is 4.69. The molecule has 0 spiro atoms. The average Bonchev–Trinajstić information content (AvgIpc) is 2.87. The monoisotopic (exact) mass is 288 g/mol. The van der Waals surface area contributed by atoms with Crippen molar-refractivity contribution in [3.63, 3.8) is 0 Å². The second kappa shape index (κ2) is 5.46. The van der Waals surface area contributed by atoms with Crippen molar-refractivity contribution in [2.45, 2.75) is 6.92 Å². The smallest absolute Gasteiger partial charge is 0.298 e. The quantitative estimate of drug-likeness (QED) is 0.533. The normalized spacial score (nSPS) is 9.80. The van der Waals surface area contributed by atoms with E-state index in [2.05, 4.69) is 15.1 Å². The summed E-state index contributed by atoms with van der Waals surface area (Å²) < 4.78 is 0. The lowest BCUT2D eigenvalue weighted by Crippen LogP contribution is -2.12. The van der Waals surface area contributed by atoms with Crippen molar-refractivity contribution in [3.05, 3.63) is 57.1 Å². The number of nitrogens with zero attached hydrogens (tertiary/aromatic N) is 3. The predicted octanol–water partition coefficient (Wildman–Crippen LogP) is 3.16. The van der Waals surface area contributed by atoms with Gasteiger partial charge in [0.25, 0.3) is 5.91 Å². The van der Waals surface area contributed by atoms with Gasteiger partial charge in [-0.05, 0) is 23.8 Å². The molecule has 100 valence electrons. The number of aryl methyl sites for hydroxylation is 1. The SMILES string of the molecule is [C-]#[N+]c1ccc(C(=O)Nc2ncc([N+](=O)[O-])s2)c(C)c1. The maximum atomic E-state index is 12.0. The second-order valence-electron chi connectivity index (χ2n) is 3.83. The van der Waals surface area contributed by atoms with E-state index < -0.39 is 10.8 Å². The molecule has 1 aromatic carbocycles. The maximum Gasteiger partial charge on any atom is 0.345 e. The van der Waals surface area contributed by atoms with Gasteiger partial charge in [-0.1, -0.05) is 18.2 Å². The second-order valence-corrected chi connectivity index (χ2v) is 4.84. The lowest BCUT2D eigenvalue weighted by Gasteiger charge is -2.05. The number of rotatable bonds is 3. The van der Waals surface area contributed by atoms with Crippen LogP contribution in [0, 0.1) is 23.6 Å². The van der Waals surface area contributed by atoms with Crippen LogP contribution in [-0.2, 0) is 0 Å². The average molecular weight is 288 g/mol. The zero-order valence-electron chi connectivity index (χ0n) is 10.3. The van der Waals surface area contributed by atoms with Gasteiger partial charge >= 0.3 is 5.00 Å². The Morgan fingerprint density at radius 3 is 2.85 bits per heavy atom. The van der Waals surface area contributed by atoms with E-state index in [0.29, 0.717) is 16.8 Å². The van der Waals surface area contributed by atoms with Gasteiger partial charge in [0.1, 0.15) is 6.20 Å². The van der Waals surface area contributed by atoms with E-state index >= 15 is 0 Å². The lowest BCUT2D eigenvalue weighted by atomic mass is 10.1. The number of nitro groups is 1. The number of benzene rings is 1. The van der Waals surface area contributed by atoms with Crippen LogP contribution in [0.3, 0.4) is 0 Å². The summed E-state index contributed by atoms with van der Waals surface area (Å²) in [6.45, 7) is 8.61. The standard InChI is InChI=1S/C12H8N4O3S/c1-7-5-8(13-2)3-4-9(7)11(17)15-12-14-6-10(20-12)16(18)19/h3-6H,1H3,(H,14,15,17). The molecule has 0 saturated heterocycles. The number of anilines is 1. The molecule has 7 nitrogen and oxygen atoms in total. The largest absolute Gasteiger partial charge is 0.345 e. The number of hydrogen-bond donors (Lipinski definition) is 1. The van der Waals surface area contributed by atoms with Crippen LogP contribution in [0.4, 0.5) is 15.8 Å². The summed E-state index contributed by atoms with van der Waals surface area (Å²) in [5.41, 5.74) is 1.50. The minimum atomic E-state index is -0.566. The minimum Gasteiger partial charge on any atom is -0.298 e. The van der Waals surface area contributed by atoms with Gasteiger partial charge in [-0.15, -0.1) is 0 Å². The Bertz CT molecular complexity index is 733. The molecule has 2 aromatic rings. The van der Waals surface area contributed by atoms with E-state index in [9.17, 15) is 14.9 Å². The van der Waals surface area contributed by atoms with Crippen LogP contribution in [0.25, 0.3) is 4.85 Å². The molecule has 0 saturated carbocycles. The van der Waals surface area contributed by atoms with Crippen molar-refractivity contribution in [1.29, 1.82) is 0 Å². The first-order valence-corrected chi connectivity index (χ1v) is 6.22. The number of nitrogens with one attached hydrogen (secondary N) is 1. The fraction of sp³-hybridized carbons (Fsp3) is 0.0833. The molecule has 1 aromatic heterocycles. The van der Waals surface area contributed by atoms with Crippen LogP contribution in [0.2, 0.25) is 0 Å². The Morgan fingerprint density at radius 2 is 2.30 bits per heavy atom. The van der Waals surface area contributed by atoms with Gasteiger partial charge in [0.05, 0.1) is 11.5 Å². The molecule has 0 atom stereocenters. The third-order valence-electron chi connectivity index (χ3n) is 2.48. The number of carbonyl (C=O) groups excluding carboxylic acids is 1. The van der Waals surface area contributed by atoms with E-state index in [-0.39, 0.29) is 10.1 Å². The van der Waals surface area contributed by atoms with Crippen molar-refractivity contribution in [3.8, 4) is 0 Å². The summed E-state index contributed by atoms with van der Waals surface area (Å²) in [4.78, 5) is 29.0. The van der Waals surface area contributed by atoms with Gasteiger partial charge < -0.3 is 0 Å². The molecule has 0 fully saturated rings. The summed E-state index contributed by atoms with van der Waals surface area (Å²) in [7, 11) is 0. The Morgan fingerprint density at radius 1 is 1.55 bits per heavy atom. The van der Waals surface area contributed by atoms with Gasteiger partial charge in [0.15, 0.2) is 10.8 Å². The van der Waals surface area contributed by atoms with Gasteiger partial charge in [0, 0.05) is 5.56 Å². The van der Waals surface area contributed by atoms with Gasteiger partial charge in [-0.2, -0.15) is 0 Å². The highest BCUT2D eigenvalue weighted by atomic mass is 32.1. The zero-order chi connectivity index (χ0) is 14.7. The first-order chi connectivity index (χ1) is 9.51. The number of amides is 1. The first kappa shape index (κ1) is 13.6. The Kier molecular flexibility index (Phi) is 3.72. The van der Waals surface area contributed by atoms with Crippen LogP contribution in [0.15, 0.2) is 24.4 Å². The highest BCUT2D eigenvalue weighted by molar-refractivity contribution is 7.18. The molecule has 0 aliphatic heterocycles. The Hall–Kier alpha value is -2.79. The van der Waals surface area contributed by atoms with E-state index in [1.54, 1.807) is 25.1 Å². The molecule has 20 heavy (non-hydrogen) atoms. The molecule has 0 bridgehead atoms. The van der Waals surface area contributed by atoms with Crippen molar-refractivity contribution in [2.24, 2.45) is 0 Å². The highest BCUT2D eigenvalue weighted by Crippen LogP contribution is 2.26. The van der Waals surface area contributed by atoms with Gasteiger partial charge in [-0.25, -0.2) is 9.83 Å². The number of hydrogen-bond acceptors (Lipinski definition) is 5. The fourth-order valence-corrected chi connectivity index (χ4v) is 2.17. The molecule has 0 unspecified atom stereocenters. The summed E-state index contributed by atoms with van der Waals surface area (Å²) >= 11 is 0.787. The van der Waals surface area contributed by atoms with Crippen molar-refractivity contribution in [1.82, 2.24) is 4.98 Å². The summed E-state index contributed by atoms with van der Waals surface area (Å²) in [5, 5.41) is 13.1. The predicted molar refractivity (Wildman–Crippen MR) is 74.2 cm³/mol. The van der Waals surface area contributed by atoms with Crippen LogP contribution in [-0.4, -0.2) is 15.8 Å². The molecule has 0 aliphatic carbocycles. The van der Waals surface area contributed by atoms with Gasteiger partial charge in [-0.3, -0.25) is 20.2 Å². The Labute approximate surface area is 117 Å². The van der Waals surface area contributed by atoms with E-state index in [1.165, 1.54) is 0 Å². The maximum absolute atomic E-state index is 12.0. The lowest BCUT2D eigenvalue weighted by molar-refractivity contribution is -0.380. The topological polar surface area (TPSA) is 89.5 Å². The molecule has 1 amide bonds. The molecule has 0 radical (unpaired) electrons. The molecule has 8 heteroatoms. The van der Waals surface area contributed by atoms with E-state index in [4.69, 9.17) is 6.57 Å². The third kappa shape index (κ3) is 2.78. The molecule has 1 N–H and O–H groups in total. The summed E-state index contributed by atoms with van der Waals surface area (Å²) in [6.07, 6.45) is 1.09. The molecule has 1 heterocycles. The van der Waals surface area contributed by atoms with Crippen molar-refractivity contribution < 1.29 is 9.72 Å². The highest BCUT2D eigenvalue weighted by Gasteiger charge is 2.15.